The monoisotopic (exact) mass is 317 g/mol. The van der Waals surface area contributed by atoms with Gasteiger partial charge in [0.1, 0.15) is 40.5 Å². The second-order valence-corrected chi connectivity index (χ2v) is 5.93. The number of carbonyl (C=O) groups excluding carboxylic acids is 1. The summed E-state index contributed by atoms with van der Waals surface area (Å²) in [5, 5.41) is 23.0. The molecule has 2 aromatic rings. The van der Waals surface area contributed by atoms with Crippen molar-refractivity contribution in [1.29, 1.82) is 0 Å². The number of hydrogen-bond acceptors (Lipinski definition) is 7. The zero-order valence-corrected chi connectivity index (χ0v) is 12.3. The predicted octanol–water partition coefficient (Wildman–Crippen LogP) is 0.679. The maximum absolute atomic E-state index is 12.9. The predicted molar refractivity (Wildman–Crippen MR) is 79.7 cm³/mol. The van der Waals surface area contributed by atoms with Gasteiger partial charge in [-0.3, -0.25) is 14.9 Å². The SMILES string of the molecule is Cc1cc(=O)c2c(O)cc3c(c2o1)C(=O)C1C(O)NCCC1O3. The van der Waals surface area contributed by atoms with Crippen LogP contribution in [0.15, 0.2) is 21.3 Å². The molecular weight excluding hydrogens is 302 g/mol. The van der Waals surface area contributed by atoms with Crippen LogP contribution in [0.1, 0.15) is 22.5 Å². The van der Waals surface area contributed by atoms with E-state index in [0.717, 1.165) is 0 Å². The molecule has 3 heterocycles. The lowest BCUT2D eigenvalue weighted by Gasteiger charge is -2.39. The summed E-state index contributed by atoms with van der Waals surface area (Å²) in [7, 11) is 0. The molecule has 2 aliphatic heterocycles. The molecule has 3 unspecified atom stereocenters. The van der Waals surface area contributed by atoms with Crippen LogP contribution in [0.5, 0.6) is 11.5 Å². The van der Waals surface area contributed by atoms with Gasteiger partial charge in [0.25, 0.3) is 0 Å². The molecule has 1 fully saturated rings. The number of rotatable bonds is 0. The number of aryl methyl sites for hydroxylation is 1. The van der Waals surface area contributed by atoms with Gasteiger partial charge in [0.15, 0.2) is 16.8 Å². The molecule has 4 rings (SSSR count). The second kappa shape index (κ2) is 4.81. The zero-order chi connectivity index (χ0) is 16.3. The van der Waals surface area contributed by atoms with Crippen molar-refractivity contribution in [2.75, 3.05) is 6.54 Å². The Hall–Kier alpha value is -2.38. The normalized spacial score (nSPS) is 26.5. The minimum Gasteiger partial charge on any atom is -0.507 e. The minimum absolute atomic E-state index is 0.00576. The standard InChI is InChI=1S/C16H15NO6/c1-6-4-7(18)11-8(19)5-10-12(15(11)22-6)14(20)13-9(23-10)2-3-17-16(13)21/h4-5,9,13,16-17,19,21H,2-3H2,1H3. The number of piperidine rings is 1. The van der Waals surface area contributed by atoms with Crippen molar-refractivity contribution in [2.24, 2.45) is 5.92 Å². The molecule has 0 bridgehead atoms. The lowest BCUT2D eigenvalue weighted by atomic mass is 9.83. The van der Waals surface area contributed by atoms with Crippen LogP contribution in [0.25, 0.3) is 11.0 Å². The van der Waals surface area contributed by atoms with Crippen molar-refractivity contribution < 1.29 is 24.2 Å². The highest BCUT2D eigenvalue weighted by atomic mass is 16.5. The number of nitrogens with one attached hydrogen (secondary N) is 1. The molecule has 23 heavy (non-hydrogen) atoms. The number of fused-ring (bicyclic) bond motifs is 4. The van der Waals surface area contributed by atoms with E-state index in [1.165, 1.54) is 12.1 Å². The lowest BCUT2D eigenvalue weighted by molar-refractivity contribution is -0.0191. The first-order valence-electron chi connectivity index (χ1n) is 7.40. The summed E-state index contributed by atoms with van der Waals surface area (Å²) < 4.78 is 11.3. The highest BCUT2D eigenvalue weighted by Gasteiger charge is 2.45. The molecule has 1 aromatic heterocycles. The summed E-state index contributed by atoms with van der Waals surface area (Å²) in [6.45, 7) is 2.12. The van der Waals surface area contributed by atoms with Gasteiger partial charge in [-0.1, -0.05) is 0 Å². The number of aromatic hydroxyl groups is 1. The quantitative estimate of drug-likeness (QED) is 0.655. The van der Waals surface area contributed by atoms with Gasteiger partial charge < -0.3 is 19.4 Å². The number of phenolic OH excluding ortho intramolecular Hbond substituents is 1. The number of phenols is 1. The number of Topliss-reactive ketones (excluding diaryl/α,β-unsaturated/α-hetero) is 1. The van der Waals surface area contributed by atoms with Crippen LogP contribution >= 0.6 is 0 Å². The van der Waals surface area contributed by atoms with Crippen molar-refractivity contribution in [1.82, 2.24) is 5.32 Å². The molecule has 3 N–H and O–H groups in total. The Kier molecular flexibility index (Phi) is 2.97. The van der Waals surface area contributed by atoms with Crippen LogP contribution in [-0.2, 0) is 0 Å². The molecule has 0 radical (unpaired) electrons. The molecule has 1 saturated heterocycles. The molecule has 0 aliphatic carbocycles. The fourth-order valence-corrected chi connectivity index (χ4v) is 3.39. The van der Waals surface area contributed by atoms with Crippen LogP contribution < -0.4 is 15.5 Å². The first-order chi connectivity index (χ1) is 11.0. The van der Waals surface area contributed by atoms with Gasteiger partial charge in [0.05, 0.1) is 5.92 Å². The van der Waals surface area contributed by atoms with E-state index in [9.17, 15) is 19.8 Å². The Bertz CT molecular complexity index is 886. The van der Waals surface area contributed by atoms with Crippen LogP contribution in [0.3, 0.4) is 0 Å². The summed E-state index contributed by atoms with van der Waals surface area (Å²) >= 11 is 0. The molecule has 7 heteroatoms. The van der Waals surface area contributed by atoms with E-state index in [1.807, 2.05) is 0 Å². The zero-order valence-electron chi connectivity index (χ0n) is 12.3. The fourth-order valence-electron chi connectivity index (χ4n) is 3.39. The van der Waals surface area contributed by atoms with Gasteiger partial charge in [-0.15, -0.1) is 0 Å². The van der Waals surface area contributed by atoms with E-state index in [4.69, 9.17) is 9.15 Å². The Labute approximate surface area is 130 Å². The maximum Gasteiger partial charge on any atom is 0.196 e. The van der Waals surface area contributed by atoms with Crippen molar-refractivity contribution >= 4 is 16.8 Å². The van der Waals surface area contributed by atoms with Crippen molar-refractivity contribution in [3.63, 3.8) is 0 Å². The number of ketones is 1. The number of hydrogen-bond donors (Lipinski definition) is 3. The van der Waals surface area contributed by atoms with E-state index in [1.54, 1.807) is 6.92 Å². The fraction of sp³-hybridized carbons (Fsp3) is 0.375. The van der Waals surface area contributed by atoms with Gasteiger partial charge in [0.2, 0.25) is 0 Å². The highest BCUT2D eigenvalue weighted by Crippen LogP contribution is 2.41. The topological polar surface area (TPSA) is 109 Å². The highest BCUT2D eigenvalue weighted by molar-refractivity contribution is 6.12. The third kappa shape index (κ3) is 1.97. The van der Waals surface area contributed by atoms with Crippen molar-refractivity contribution in [3.05, 3.63) is 33.7 Å². The Balaban J connectivity index is 2.03. The van der Waals surface area contributed by atoms with Crippen LogP contribution in [0, 0.1) is 12.8 Å². The number of ether oxygens (including phenoxy) is 1. The number of aliphatic hydroxyl groups is 1. The van der Waals surface area contributed by atoms with E-state index >= 15 is 0 Å². The van der Waals surface area contributed by atoms with Crippen LogP contribution in [-0.4, -0.2) is 34.9 Å². The Morgan fingerprint density at radius 3 is 2.87 bits per heavy atom. The summed E-state index contributed by atoms with van der Waals surface area (Å²) in [4.78, 5) is 25.0. The van der Waals surface area contributed by atoms with E-state index in [2.05, 4.69) is 5.32 Å². The number of benzene rings is 1. The van der Waals surface area contributed by atoms with E-state index < -0.39 is 23.7 Å². The molecule has 7 nitrogen and oxygen atoms in total. The molecular formula is C16H15NO6. The smallest absolute Gasteiger partial charge is 0.196 e. The largest absolute Gasteiger partial charge is 0.507 e. The van der Waals surface area contributed by atoms with Gasteiger partial charge in [-0.05, 0) is 13.3 Å². The molecule has 3 atom stereocenters. The average Bonchev–Trinajstić information content (AvgIpc) is 2.45. The molecule has 0 spiro atoms. The van der Waals surface area contributed by atoms with Gasteiger partial charge >= 0.3 is 0 Å². The van der Waals surface area contributed by atoms with Crippen molar-refractivity contribution in [2.45, 2.75) is 25.7 Å². The van der Waals surface area contributed by atoms with Gasteiger partial charge in [0, 0.05) is 18.7 Å². The molecule has 0 saturated carbocycles. The Morgan fingerprint density at radius 1 is 1.30 bits per heavy atom. The lowest BCUT2D eigenvalue weighted by Crippen LogP contribution is -2.55. The summed E-state index contributed by atoms with van der Waals surface area (Å²) in [6, 6.07) is 2.52. The summed E-state index contributed by atoms with van der Waals surface area (Å²) in [5.74, 6) is -0.894. The summed E-state index contributed by atoms with van der Waals surface area (Å²) in [5.41, 5.74) is -0.324. The Morgan fingerprint density at radius 2 is 2.09 bits per heavy atom. The first kappa shape index (κ1) is 14.2. The third-order valence-corrected chi connectivity index (χ3v) is 4.42. The molecule has 120 valence electrons. The van der Waals surface area contributed by atoms with Crippen molar-refractivity contribution in [3.8, 4) is 11.5 Å². The molecule has 1 aromatic carbocycles. The van der Waals surface area contributed by atoms with E-state index in [0.29, 0.717) is 18.7 Å². The summed E-state index contributed by atoms with van der Waals surface area (Å²) in [6.07, 6.45) is -0.932. The average molecular weight is 317 g/mol. The van der Waals surface area contributed by atoms with Gasteiger partial charge in [-0.25, -0.2) is 0 Å². The first-order valence-corrected chi connectivity index (χ1v) is 7.40. The maximum atomic E-state index is 12.9. The number of carbonyl (C=O) groups is 1. The van der Waals surface area contributed by atoms with Gasteiger partial charge in [-0.2, -0.15) is 0 Å². The second-order valence-electron chi connectivity index (χ2n) is 5.93. The third-order valence-electron chi connectivity index (χ3n) is 4.42. The molecule has 2 aliphatic rings. The number of aliphatic hydroxyl groups excluding tert-OH is 1. The van der Waals surface area contributed by atoms with Crippen LogP contribution in [0.4, 0.5) is 0 Å². The van der Waals surface area contributed by atoms with Crippen LogP contribution in [0.2, 0.25) is 0 Å². The van der Waals surface area contributed by atoms with E-state index in [-0.39, 0.29) is 33.8 Å². The molecule has 0 amide bonds. The minimum atomic E-state index is -1.02.